The van der Waals surface area contributed by atoms with Crippen molar-refractivity contribution in [2.24, 2.45) is 0 Å². The van der Waals surface area contributed by atoms with Crippen molar-refractivity contribution >= 4 is 27.3 Å². The fourth-order valence-corrected chi connectivity index (χ4v) is 5.56. The van der Waals surface area contributed by atoms with Gasteiger partial charge in [0.15, 0.2) is 0 Å². The van der Waals surface area contributed by atoms with Crippen LogP contribution < -0.4 is 14.4 Å². The molecule has 154 valence electrons. The Balaban J connectivity index is 1.49. The lowest BCUT2D eigenvalue weighted by Gasteiger charge is -2.21. The van der Waals surface area contributed by atoms with Crippen LogP contribution in [0.4, 0.5) is 11.4 Å². The Morgan fingerprint density at radius 3 is 2.62 bits per heavy atom. The Labute approximate surface area is 171 Å². The fourth-order valence-electron chi connectivity index (χ4n) is 4.30. The fraction of sp³-hybridized carbons (Fsp3) is 0.409. The van der Waals surface area contributed by atoms with E-state index in [4.69, 9.17) is 4.74 Å². The van der Waals surface area contributed by atoms with Crippen LogP contribution in [0, 0.1) is 0 Å². The van der Waals surface area contributed by atoms with Gasteiger partial charge in [-0.1, -0.05) is 6.07 Å². The quantitative estimate of drug-likeness (QED) is 0.803. The van der Waals surface area contributed by atoms with E-state index >= 15 is 0 Å². The zero-order valence-electron chi connectivity index (χ0n) is 16.7. The third kappa shape index (κ3) is 4.24. The van der Waals surface area contributed by atoms with Crippen LogP contribution in [0.2, 0.25) is 0 Å². The van der Waals surface area contributed by atoms with Gasteiger partial charge in [0.2, 0.25) is 10.0 Å². The third-order valence-corrected chi connectivity index (χ3v) is 6.82. The first-order valence-electron chi connectivity index (χ1n) is 10.0. The molecule has 0 aromatic heterocycles. The maximum atomic E-state index is 12.7. The van der Waals surface area contributed by atoms with Crippen molar-refractivity contribution in [3.8, 4) is 5.75 Å². The molecule has 1 heterocycles. The van der Waals surface area contributed by atoms with Crippen molar-refractivity contribution in [3.05, 3.63) is 53.6 Å². The molecule has 1 aliphatic heterocycles. The van der Waals surface area contributed by atoms with Gasteiger partial charge in [-0.05, 0) is 74.9 Å². The standard InChI is InChI=1S/C22H26N2O4S/c1-15-12-17-13-16(10-11-21(17)24(15)29(2,26)27)22(25)23-18-6-5-9-20(14-18)28-19-7-3-4-8-19/h5-6,9-11,13-15,19H,3-4,7-8,12H2,1-2H3,(H,23,25). The van der Waals surface area contributed by atoms with Crippen LogP contribution in [0.25, 0.3) is 0 Å². The summed E-state index contributed by atoms with van der Waals surface area (Å²) >= 11 is 0. The summed E-state index contributed by atoms with van der Waals surface area (Å²) in [7, 11) is -3.34. The van der Waals surface area contributed by atoms with Gasteiger partial charge in [-0.15, -0.1) is 0 Å². The van der Waals surface area contributed by atoms with Gasteiger partial charge in [-0.25, -0.2) is 8.42 Å². The van der Waals surface area contributed by atoms with Crippen LogP contribution in [0.3, 0.4) is 0 Å². The number of rotatable bonds is 5. The number of sulfonamides is 1. The minimum atomic E-state index is -3.34. The van der Waals surface area contributed by atoms with E-state index in [1.165, 1.54) is 23.4 Å². The summed E-state index contributed by atoms with van der Waals surface area (Å²) in [5.74, 6) is 0.539. The van der Waals surface area contributed by atoms with Crippen LogP contribution in [0.1, 0.15) is 48.5 Å². The molecule has 4 rings (SSSR count). The van der Waals surface area contributed by atoms with Crippen molar-refractivity contribution in [1.82, 2.24) is 0 Å². The molecule has 7 heteroatoms. The number of benzene rings is 2. The second kappa shape index (κ2) is 7.71. The minimum Gasteiger partial charge on any atom is -0.490 e. The average Bonchev–Trinajstić information content (AvgIpc) is 3.27. The zero-order chi connectivity index (χ0) is 20.6. The molecule has 2 aromatic rings. The minimum absolute atomic E-state index is 0.150. The number of carbonyl (C=O) groups is 1. The number of anilines is 2. The molecule has 1 saturated carbocycles. The summed E-state index contributed by atoms with van der Waals surface area (Å²) in [6, 6.07) is 12.5. The van der Waals surface area contributed by atoms with Gasteiger partial charge < -0.3 is 10.1 Å². The number of hydrogen-bond acceptors (Lipinski definition) is 4. The Kier molecular flexibility index (Phi) is 5.25. The highest BCUT2D eigenvalue weighted by Crippen LogP contribution is 2.35. The molecule has 0 bridgehead atoms. The molecular weight excluding hydrogens is 388 g/mol. The van der Waals surface area contributed by atoms with Crippen molar-refractivity contribution in [2.45, 2.75) is 51.2 Å². The number of carbonyl (C=O) groups excluding carboxylic acids is 1. The molecule has 2 aliphatic rings. The van der Waals surface area contributed by atoms with Crippen LogP contribution in [-0.4, -0.2) is 32.7 Å². The molecule has 1 N–H and O–H groups in total. The second-order valence-corrected chi connectivity index (χ2v) is 9.82. The largest absolute Gasteiger partial charge is 0.490 e. The molecule has 0 spiro atoms. The maximum absolute atomic E-state index is 12.7. The van der Waals surface area contributed by atoms with Gasteiger partial charge in [0, 0.05) is 23.4 Å². The lowest BCUT2D eigenvalue weighted by atomic mass is 10.1. The predicted octanol–water partition coefficient (Wildman–Crippen LogP) is 3.97. The number of ether oxygens (including phenoxy) is 1. The Hall–Kier alpha value is -2.54. The summed E-state index contributed by atoms with van der Waals surface area (Å²) in [5, 5.41) is 2.92. The molecule has 1 fully saturated rings. The first-order chi connectivity index (χ1) is 13.8. The number of fused-ring (bicyclic) bond motifs is 1. The predicted molar refractivity (Wildman–Crippen MR) is 114 cm³/mol. The average molecular weight is 415 g/mol. The first-order valence-corrected chi connectivity index (χ1v) is 11.9. The summed E-state index contributed by atoms with van der Waals surface area (Å²) in [5.41, 5.74) is 2.71. The monoisotopic (exact) mass is 414 g/mol. The van der Waals surface area contributed by atoms with E-state index in [1.54, 1.807) is 18.2 Å². The summed E-state index contributed by atoms with van der Waals surface area (Å²) in [6.45, 7) is 1.87. The van der Waals surface area contributed by atoms with Gasteiger partial charge in [-0.3, -0.25) is 9.10 Å². The van der Waals surface area contributed by atoms with E-state index in [1.807, 2.05) is 31.2 Å². The molecule has 29 heavy (non-hydrogen) atoms. The highest BCUT2D eigenvalue weighted by molar-refractivity contribution is 7.92. The van der Waals surface area contributed by atoms with E-state index in [0.29, 0.717) is 23.4 Å². The molecule has 1 atom stereocenters. The number of hydrogen-bond donors (Lipinski definition) is 1. The molecule has 1 amide bonds. The molecular formula is C22H26N2O4S. The molecule has 6 nitrogen and oxygen atoms in total. The van der Waals surface area contributed by atoms with Crippen LogP contribution in [-0.2, 0) is 16.4 Å². The van der Waals surface area contributed by atoms with Gasteiger partial charge >= 0.3 is 0 Å². The summed E-state index contributed by atoms with van der Waals surface area (Å²) < 4.78 is 31.5. The highest BCUT2D eigenvalue weighted by atomic mass is 32.2. The van der Waals surface area contributed by atoms with Crippen LogP contribution >= 0.6 is 0 Å². The first kappa shape index (κ1) is 19.8. The van der Waals surface area contributed by atoms with E-state index in [2.05, 4.69) is 5.32 Å². The van der Waals surface area contributed by atoms with E-state index in [0.717, 1.165) is 24.2 Å². The highest BCUT2D eigenvalue weighted by Gasteiger charge is 2.32. The van der Waals surface area contributed by atoms with Gasteiger partial charge in [0.25, 0.3) is 5.91 Å². The van der Waals surface area contributed by atoms with Crippen molar-refractivity contribution in [3.63, 3.8) is 0 Å². The normalized spacial score (nSPS) is 19.2. The summed E-state index contributed by atoms with van der Waals surface area (Å²) in [6.07, 6.45) is 6.62. The smallest absolute Gasteiger partial charge is 0.255 e. The zero-order valence-corrected chi connectivity index (χ0v) is 17.5. The Morgan fingerprint density at radius 1 is 1.14 bits per heavy atom. The molecule has 0 radical (unpaired) electrons. The molecule has 0 saturated heterocycles. The number of nitrogens with one attached hydrogen (secondary N) is 1. The lowest BCUT2D eigenvalue weighted by molar-refractivity contribution is 0.102. The van der Waals surface area contributed by atoms with Crippen molar-refractivity contribution in [2.75, 3.05) is 15.9 Å². The molecule has 2 aromatic carbocycles. The van der Waals surface area contributed by atoms with Crippen LogP contribution in [0.15, 0.2) is 42.5 Å². The van der Waals surface area contributed by atoms with Gasteiger partial charge in [-0.2, -0.15) is 0 Å². The van der Waals surface area contributed by atoms with Crippen molar-refractivity contribution < 1.29 is 17.9 Å². The Bertz CT molecular complexity index is 1030. The molecule has 1 aliphatic carbocycles. The second-order valence-electron chi connectivity index (χ2n) is 7.96. The number of nitrogens with zero attached hydrogens (tertiary/aromatic N) is 1. The van der Waals surface area contributed by atoms with Crippen molar-refractivity contribution in [1.29, 1.82) is 0 Å². The topological polar surface area (TPSA) is 75.7 Å². The molecule has 1 unspecified atom stereocenters. The maximum Gasteiger partial charge on any atom is 0.255 e. The van der Waals surface area contributed by atoms with E-state index in [-0.39, 0.29) is 18.1 Å². The van der Waals surface area contributed by atoms with E-state index < -0.39 is 10.0 Å². The lowest BCUT2D eigenvalue weighted by Crippen LogP contribution is -2.34. The SMILES string of the molecule is CC1Cc2cc(C(=O)Nc3cccc(OC4CCCC4)c3)ccc2N1S(C)(=O)=O. The summed E-state index contributed by atoms with van der Waals surface area (Å²) in [4.78, 5) is 12.7. The van der Waals surface area contributed by atoms with Gasteiger partial charge in [0.05, 0.1) is 18.0 Å². The third-order valence-electron chi connectivity index (χ3n) is 5.55. The van der Waals surface area contributed by atoms with Crippen LogP contribution in [0.5, 0.6) is 5.75 Å². The van der Waals surface area contributed by atoms with Gasteiger partial charge in [0.1, 0.15) is 5.75 Å². The van der Waals surface area contributed by atoms with E-state index in [9.17, 15) is 13.2 Å². The Morgan fingerprint density at radius 2 is 1.90 bits per heavy atom. The number of amides is 1.